The number of carbonyl (C=O) groups excluding carboxylic acids is 1. The molecule has 1 amide bonds. The summed E-state index contributed by atoms with van der Waals surface area (Å²) in [5.41, 5.74) is 4.43. The Bertz CT molecular complexity index is 1180. The highest BCUT2D eigenvalue weighted by Crippen LogP contribution is 2.32. The summed E-state index contributed by atoms with van der Waals surface area (Å²) in [6.07, 6.45) is 2.20. The molecular weight excluding hydrogens is 404 g/mol. The molecule has 0 bridgehead atoms. The van der Waals surface area contributed by atoms with E-state index >= 15 is 0 Å². The topological polar surface area (TPSA) is 43.3 Å². The molecule has 0 atom stereocenters. The summed E-state index contributed by atoms with van der Waals surface area (Å²) in [7, 11) is 1.61. The van der Waals surface area contributed by atoms with Gasteiger partial charge in [0, 0.05) is 46.4 Å². The summed E-state index contributed by atoms with van der Waals surface area (Å²) < 4.78 is 7.37. The molecule has 0 aliphatic heterocycles. The predicted molar refractivity (Wildman–Crippen MR) is 128 cm³/mol. The fourth-order valence-electron chi connectivity index (χ4n) is 3.61. The maximum Gasteiger partial charge on any atom is 0.251 e. The van der Waals surface area contributed by atoms with E-state index in [1.807, 2.05) is 11.8 Å². The van der Waals surface area contributed by atoms with Gasteiger partial charge in [0.2, 0.25) is 0 Å². The van der Waals surface area contributed by atoms with Gasteiger partial charge < -0.3 is 14.6 Å². The van der Waals surface area contributed by atoms with Crippen molar-refractivity contribution in [2.24, 2.45) is 0 Å². The van der Waals surface area contributed by atoms with E-state index < -0.39 is 0 Å². The molecule has 5 heteroatoms. The van der Waals surface area contributed by atoms with Crippen LogP contribution in [0.25, 0.3) is 10.9 Å². The Hall–Kier alpha value is -3.18. The molecule has 0 spiro atoms. The lowest BCUT2D eigenvalue weighted by Crippen LogP contribution is -2.27. The Labute approximate surface area is 187 Å². The third-order valence-corrected chi connectivity index (χ3v) is 6.33. The monoisotopic (exact) mass is 430 g/mol. The van der Waals surface area contributed by atoms with Crippen LogP contribution in [0, 0.1) is 6.92 Å². The third-order valence-electron chi connectivity index (χ3n) is 5.22. The first kappa shape index (κ1) is 21.1. The molecule has 4 nitrogen and oxygen atoms in total. The largest absolute Gasteiger partial charge is 0.497 e. The molecule has 1 heterocycles. The quantitative estimate of drug-likeness (QED) is 0.366. The second-order valence-corrected chi connectivity index (χ2v) is 8.48. The number of methoxy groups -OCH3 is 1. The SMILES string of the molecule is COc1ccc(C(=O)NCCn2cc(SCc3cccc(C)c3)c3ccccc32)cc1. The van der Waals surface area contributed by atoms with Gasteiger partial charge in [-0.2, -0.15) is 0 Å². The minimum atomic E-state index is -0.0758. The molecule has 0 unspecified atom stereocenters. The molecule has 1 aromatic heterocycles. The number of para-hydroxylation sites is 1. The van der Waals surface area contributed by atoms with Crippen molar-refractivity contribution in [2.75, 3.05) is 13.7 Å². The summed E-state index contributed by atoms with van der Waals surface area (Å²) in [4.78, 5) is 13.7. The van der Waals surface area contributed by atoms with E-state index in [2.05, 4.69) is 71.5 Å². The number of rotatable bonds is 8. The number of nitrogens with one attached hydrogen (secondary N) is 1. The molecule has 31 heavy (non-hydrogen) atoms. The molecule has 0 aliphatic rings. The van der Waals surface area contributed by atoms with Crippen LogP contribution in [0.15, 0.2) is 83.9 Å². The van der Waals surface area contributed by atoms with Gasteiger partial charge in [-0.15, -0.1) is 11.8 Å². The number of hydrogen-bond acceptors (Lipinski definition) is 3. The number of benzene rings is 3. The van der Waals surface area contributed by atoms with Gasteiger partial charge >= 0.3 is 0 Å². The van der Waals surface area contributed by atoms with E-state index in [9.17, 15) is 4.79 Å². The van der Waals surface area contributed by atoms with Crippen LogP contribution >= 0.6 is 11.8 Å². The molecule has 0 saturated heterocycles. The van der Waals surface area contributed by atoms with Crippen LogP contribution in [-0.2, 0) is 12.3 Å². The van der Waals surface area contributed by atoms with Crippen LogP contribution in [0.2, 0.25) is 0 Å². The second-order valence-electron chi connectivity index (χ2n) is 7.47. The summed E-state index contributed by atoms with van der Waals surface area (Å²) in [6, 6.07) is 24.2. The van der Waals surface area contributed by atoms with Gasteiger partial charge in [0.05, 0.1) is 7.11 Å². The highest BCUT2D eigenvalue weighted by Gasteiger charge is 2.10. The average molecular weight is 431 g/mol. The minimum absolute atomic E-state index is 0.0758. The fraction of sp³-hybridized carbons (Fsp3) is 0.192. The lowest BCUT2D eigenvalue weighted by Gasteiger charge is -2.08. The van der Waals surface area contributed by atoms with Crippen LogP contribution in [0.3, 0.4) is 0 Å². The number of carbonyl (C=O) groups is 1. The lowest BCUT2D eigenvalue weighted by atomic mass is 10.2. The summed E-state index contributed by atoms with van der Waals surface area (Å²) in [5, 5.41) is 4.27. The first-order valence-corrected chi connectivity index (χ1v) is 11.3. The van der Waals surface area contributed by atoms with Crippen molar-refractivity contribution < 1.29 is 9.53 Å². The first-order chi connectivity index (χ1) is 15.1. The van der Waals surface area contributed by atoms with Crippen LogP contribution < -0.4 is 10.1 Å². The smallest absolute Gasteiger partial charge is 0.251 e. The summed E-state index contributed by atoms with van der Waals surface area (Å²) in [6.45, 7) is 3.40. The van der Waals surface area contributed by atoms with Crippen molar-refractivity contribution in [2.45, 2.75) is 24.1 Å². The normalized spacial score (nSPS) is 10.9. The first-order valence-electron chi connectivity index (χ1n) is 10.3. The van der Waals surface area contributed by atoms with Crippen molar-refractivity contribution in [3.05, 3.63) is 95.7 Å². The highest BCUT2D eigenvalue weighted by molar-refractivity contribution is 7.98. The molecule has 1 N–H and O–H groups in total. The van der Waals surface area contributed by atoms with Crippen molar-refractivity contribution >= 4 is 28.6 Å². The van der Waals surface area contributed by atoms with Gasteiger partial charge in [-0.1, -0.05) is 48.0 Å². The zero-order valence-electron chi connectivity index (χ0n) is 17.8. The Morgan fingerprint density at radius 1 is 1.03 bits per heavy atom. The van der Waals surface area contributed by atoms with Crippen LogP contribution in [0.5, 0.6) is 5.75 Å². The molecule has 0 aliphatic carbocycles. The second kappa shape index (κ2) is 9.75. The number of thioether (sulfide) groups is 1. The predicted octanol–water partition coefficient (Wildman–Crippen LogP) is 5.68. The number of nitrogens with zero attached hydrogens (tertiary/aromatic N) is 1. The van der Waals surface area contributed by atoms with Gasteiger partial charge in [0.15, 0.2) is 0 Å². The Morgan fingerprint density at radius 2 is 1.84 bits per heavy atom. The van der Waals surface area contributed by atoms with E-state index in [0.717, 1.165) is 11.5 Å². The van der Waals surface area contributed by atoms with Gasteiger partial charge in [0.1, 0.15) is 5.75 Å². The molecule has 0 fully saturated rings. The number of fused-ring (bicyclic) bond motifs is 1. The van der Waals surface area contributed by atoms with Crippen molar-refractivity contribution in [3.8, 4) is 5.75 Å². The van der Waals surface area contributed by atoms with E-state index in [4.69, 9.17) is 4.74 Å². The number of aromatic nitrogens is 1. The van der Waals surface area contributed by atoms with Gasteiger partial charge in [0.25, 0.3) is 5.91 Å². The zero-order chi connectivity index (χ0) is 21.6. The van der Waals surface area contributed by atoms with E-state index in [1.165, 1.54) is 26.9 Å². The molecular formula is C26H26N2O2S. The fourth-order valence-corrected chi connectivity index (χ4v) is 4.64. The van der Waals surface area contributed by atoms with E-state index in [1.54, 1.807) is 31.4 Å². The summed E-state index contributed by atoms with van der Waals surface area (Å²) >= 11 is 1.85. The van der Waals surface area contributed by atoms with Crippen molar-refractivity contribution in [3.63, 3.8) is 0 Å². The number of hydrogen-bond donors (Lipinski definition) is 1. The molecule has 0 radical (unpaired) electrons. The minimum Gasteiger partial charge on any atom is -0.497 e. The number of amides is 1. The van der Waals surface area contributed by atoms with Crippen molar-refractivity contribution in [1.82, 2.24) is 9.88 Å². The number of ether oxygens (including phenoxy) is 1. The number of aryl methyl sites for hydroxylation is 1. The maximum atomic E-state index is 12.4. The molecule has 4 aromatic rings. The Kier molecular flexibility index (Phi) is 6.63. The maximum absolute atomic E-state index is 12.4. The van der Waals surface area contributed by atoms with Crippen LogP contribution in [-0.4, -0.2) is 24.1 Å². The molecule has 158 valence electrons. The van der Waals surface area contributed by atoms with Crippen LogP contribution in [0.4, 0.5) is 0 Å². The van der Waals surface area contributed by atoms with Gasteiger partial charge in [-0.3, -0.25) is 4.79 Å². The van der Waals surface area contributed by atoms with Crippen molar-refractivity contribution in [1.29, 1.82) is 0 Å². The van der Waals surface area contributed by atoms with Gasteiger partial charge in [-0.05, 0) is 42.8 Å². The Balaban J connectivity index is 1.42. The van der Waals surface area contributed by atoms with Gasteiger partial charge in [-0.25, -0.2) is 0 Å². The van der Waals surface area contributed by atoms with E-state index in [-0.39, 0.29) is 5.91 Å². The third kappa shape index (κ3) is 5.12. The molecule has 4 rings (SSSR count). The lowest BCUT2D eigenvalue weighted by molar-refractivity contribution is 0.0952. The molecule has 3 aromatic carbocycles. The highest BCUT2D eigenvalue weighted by atomic mass is 32.2. The molecule has 0 saturated carbocycles. The van der Waals surface area contributed by atoms with Crippen LogP contribution in [0.1, 0.15) is 21.5 Å². The Morgan fingerprint density at radius 3 is 2.61 bits per heavy atom. The summed E-state index contributed by atoms with van der Waals surface area (Å²) in [5.74, 6) is 1.60. The average Bonchev–Trinajstić information content (AvgIpc) is 3.15. The zero-order valence-corrected chi connectivity index (χ0v) is 18.6. The standard InChI is InChI=1S/C26H26N2O2S/c1-19-6-5-7-20(16-19)18-31-25-17-28(24-9-4-3-8-23(24)25)15-14-27-26(29)21-10-12-22(30-2)13-11-21/h3-13,16-17H,14-15,18H2,1-2H3,(H,27,29). The van der Waals surface area contributed by atoms with E-state index in [0.29, 0.717) is 18.7 Å².